The zero-order valence-electron chi connectivity index (χ0n) is 10.0. The molecule has 1 aromatic heterocycles. The number of rotatable bonds is 5. The number of H-pyrrole nitrogens is 1. The molecule has 0 aliphatic carbocycles. The van der Waals surface area contributed by atoms with E-state index in [9.17, 15) is 0 Å². The summed E-state index contributed by atoms with van der Waals surface area (Å²) >= 11 is 1.65. The molecule has 0 unspecified atom stereocenters. The first-order valence-electron chi connectivity index (χ1n) is 5.56. The van der Waals surface area contributed by atoms with Crippen molar-refractivity contribution in [3.8, 4) is 0 Å². The van der Waals surface area contributed by atoms with Crippen LogP contribution >= 0.6 is 11.8 Å². The standard InChI is InChI=1S/C12H16N4S/c1-9-4-3-5-11(8-9)13-6-7-17-12-14-10(2)15-16-12/h3-5,8,13H,6-7H2,1-2H3,(H,14,15,16). The lowest BCUT2D eigenvalue weighted by Crippen LogP contribution is -2.04. The summed E-state index contributed by atoms with van der Waals surface area (Å²) in [4.78, 5) is 4.24. The van der Waals surface area contributed by atoms with Gasteiger partial charge < -0.3 is 5.32 Å². The Morgan fingerprint density at radius 2 is 2.24 bits per heavy atom. The van der Waals surface area contributed by atoms with E-state index in [1.807, 2.05) is 6.92 Å². The van der Waals surface area contributed by atoms with Crippen molar-refractivity contribution in [2.45, 2.75) is 19.0 Å². The lowest BCUT2D eigenvalue weighted by molar-refractivity contribution is 0.968. The van der Waals surface area contributed by atoms with E-state index in [0.717, 1.165) is 29.0 Å². The first-order valence-corrected chi connectivity index (χ1v) is 6.55. The molecule has 2 N–H and O–H groups in total. The molecule has 0 atom stereocenters. The number of aryl methyl sites for hydroxylation is 2. The van der Waals surface area contributed by atoms with Gasteiger partial charge in [-0.25, -0.2) is 4.98 Å². The topological polar surface area (TPSA) is 53.6 Å². The SMILES string of the molecule is Cc1cccc(NCCSc2n[nH]c(C)n2)c1. The quantitative estimate of drug-likeness (QED) is 0.631. The zero-order valence-corrected chi connectivity index (χ0v) is 10.8. The van der Waals surface area contributed by atoms with E-state index in [1.165, 1.54) is 5.56 Å². The van der Waals surface area contributed by atoms with Crippen LogP contribution in [0.25, 0.3) is 0 Å². The number of aromatic nitrogens is 3. The summed E-state index contributed by atoms with van der Waals surface area (Å²) in [7, 11) is 0. The van der Waals surface area contributed by atoms with Crippen molar-refractivity contribution in [1.82, 2.24) is 15.2 Å². The van der Waals surface area contributed by atoms with Crippen LogP contribution in [0.5, 0.6) is 0 Å². The number of anilines is 1. The number of benzene rings is 1. The molecule has 4 nitrogen and oxygen atoms in total. The Kier molecular flexibility index (Phi) is 4.03. The molecular weight excluding hydrogens is 232 g/mol. The van der Waals surface area contributed by atoms with Gasteiger partial charge in [0.1, 0.15) is 5.82 Å². The lowest BCUT2D eigenvalue weighted by atomic mass is 10.2. The summed E-state index contributed by atoms with van der Waals surface area (Å²) in [6, 6.07) is 8.37. The van der Waals surface area contributed by atoms with Gasteiger partial charge in [-0.1, -0.05) is 23.9 Å². The van der Waals surface area contributed by atoms with Gasteiger partial charge in [0.05, 0.1) is 0 Å². The van der Waals surface area contributed by atoms with Gasteiger partial charge in [-0.15, -0.1) is 5.10 Å². The Labute approximate surface area is 105 Å². The Hall–Kier alpha value is -1.49. The molecule has 0 bridgehead atoms. The summed E-state index contributed by atoms with van der Waals surface area (Å²) in [5.74, 6) is 1.81. The van der Waals surface area contributed by atoms with Crippen LogP contribution in [0.2, 0.25) is 0 Å². The molecule has 0 aliphatic rings. The summed E-state index contributed by atoms with van der Waals surface area (Å²) < 4.78 is 0. The van der Waals surface area contributed by atoms with Crippen molar-refractivity contribution in [2.24, 2.45) is 0 Å². The van der Waals surface area contributed by atoms with Crippen molar-refractivity contribution in [1.29, 1.82) is 0 Å². The molecule has 0 aliphatic heterocycles. The van der Waals surface area contributed by atoms with Gasteiger partial charge in [0.2, 0.25) is 5.16 Å². The molecule has 1 aromatic carbocycles. The number of hydrogen-bond donors (Lipinski definition) is 2. The predicted molar refractivity (Wildman–Crippen MR) is 71.5 cm³/mol. The minimum atomic E-state index is 0.813. The van der Waals surface area contributed by atoms with E-state index in [0.29, 0.717) is 0 Å². The Bertz CT molecular complexity index is 481. The maximum atomic E-state index is 4.24. The maximum Gasteiger partial charge on any atom is 0.208 e. The number of aromatic amines is 1. The highest BCUT2D eigenvalue weighted by molar-refractivity contribution is 7.99. The van der Waals surface area contributed by atoms with Gasteiger partial charge in [0, 0.05) is 18.0 Å². The number of nitrogens with one attached hydrogen (secondary N) is 2. The maximum absolute atomic E-state index is 4.24. The van der Waals surface area contributed by atoms with E-state index in [2.05, 4.69) is 51.7 Å². The number of thioether (sulfide) groups is 1. The molecule has 1 heterocycles. The molecule has 2 rings (SSSR count). The van der Waals surface area contributed by atoms with Crippen LogP contribution in [-0.4, -0.2) is 27.5 Å². The fraction of sp³-hybridized carbons (Fsp3) is 0.333. The lowest BCUT2D eigenvalue weighted by Gasteiger charge is -2.05. The van der Waals surface area contributed by atoms with Gasteiger partial charge in [0.15, 0.2) is 0 Å². The van der Waals surface area contributed by atoms with Crippen LogP contribution in [0.4, 0.5) is 5.69 Å². The molecule has 5 heteroatoms. The number of nitrogens with zero attached hydrogens (tertiary/aromatic N) is 2. The average molecular weight is 248 g/mol. The molecule has 0 saturated carbocycles. The molecule has 90 valence electrons. The summed E-state index contributed by atoms with van der Waals surface area (Å²) in [5, 5.41) is 11.1. The van der Waals surface area contributed by atoms with Crippen molar-refractivity contribution in [2.75, 3.05) is 17.6 Å². The largest absolute Gasteiger partial charge is 0.384 e. The molecule has 2 aromatic rings. The summed E-state index contributed by atoms with van der Waals surface area (Å²) in [6.07, 6.45) is 0. The fourth-order valence-corrected chi connectivity index (χ4v) is 2.18. The first-order chi connectivity index (χ1) is 8.24. The highest BCUT2D eigenvalue weighted by Crippen LogP contribution is 2.13. The Morgan fingerprint density at radius 3 is 2.94 bits per heavy atom. The molecular formula is C12H16N4S. The van der Waals surface area contributed by atoms with Crippen molar-refractivity contribution < 1.29 is 0 Å². The summed E-state index contributed by atoms with van der Waals surface area (Å²) in [5.41, 5.74) is 2.43. The van der Waals surface area contributed by atoms with Crippen LogP contribution in [0.3, 0.4) is 0 Å². The normalized spacial score (nSPS) is 10.5. The first kappa shape index (κ1) is 12.0. The van der Waals surface area contributed by atoms with Gasteiger partial charge in [-0.05, 0) is 31.5 Å². The molecule has 0 radical (unpaired) electrons. The molecule has 0 amide bonds. The number of hydrogen-bond acceptors (Lipinski definition) is 4. The predicted octanol–water partition coefficient (Wildman–Crippen LogP) is 2.63. The third kappa shape index (κ3) is 3.78. The fourth-order valence-electron chi connectivity index (χ4n) is 1.48. The van der Waals surface area contributed by atoms with Crippen LogP contribution in [0.15, 0.2) is 29.4 Å². The Balaban J connectivity index is 1.73. The molecule has 0 fully saturated rings. The molecule has 0 saturated heterocycles. The second-order valence-corrected chi connectivity index (χ2v) is 4.91. The van der Waals surface area contributed by atoms with E-state index in [-0.39, 0.29) is 0 Å². The molecule has 0 spiro atoms. The molecule has 17 heavy (non-hydrogen) atoms. The van der Waals surface area contributed by atoms with Gasteiger partial charge in [-0.3, -0.25) is 5.10 Å². The van der Waals surface area contributed by atoms with E-state index < -0.39 is 0 Å². The highest BCUT2D eigenvalue weighted by atomic mass is 32.2. The van der Waals surface area contributed by atoms with Gasteiger partial charge in [-0.2, -0.15) is 0 Å². The second kappa shape index (κ2) is 5.72. The average Bonchev–Trinajstić information content (AvgIpc) is 2.71. The monoisotopic (exact) mass is 248 g/mol. The summed E-state index contributed by atoms with van der Waals surface area (Å²) in [6.45, 7) is 4.90. The van der Waals surface area contributed by atoms with Crippen LogP contribution in [0, 0.1) is 13.8 Å². The van der Waals surface area contributed by atoms with Crippen molar-refractivity contribution in [3.63, 3.8) is 0 Å². The van der Waals surface area contributed by atoms with Crippen LogP contribution < -0.4 is 5.32 Å². The van der Waals surface area contributed by atoms with Crippen LogP contribution in [-0.2, 0) is 0 Å². The minimum Gasteiger partial charge on any atom is -0.384 e. The van der Waals surface area contributed by atoms with Crippen molar-refractivity contribution >= 4 is 17.4 Å². The third-order valence-electron chi connectivity index (χ3n) is 2.26. The van der Waals surface area contributed by atoms with Gasteiger partial charge in [0.25, 0.3) is 0 Å². The van der Waals surface area contributed by atoms with Crippen LogP contribution in [0.1, 0.15) is 11.4 Å². The van der Waals surface area contributed by atoms with E-state index in [1.54, 1.807) is 11.8 Å². The van der Waals surface area contributed by atoms with Crippen molar-refractivity contribution in [3.05, 3.63) is 35.7 Å². The minimum absolute atomic E-state index is 0.813. The zero-order chi connectivity index (χ0) is 12.1. The second-order valence-electron chi connectivity index (χ2n) is 3.85. The smallest absolute Gasteiger partial charge is 0.208 e. The third-order valence-corrected chi connectivity index (χ3v) is 3.11. The van der Waals surface area contributed by atoms with E-state index >= 15 is 0 Å². The van der Waals surface area contributed by atoms with E-state index in [4.69, 9.17) is 0 Å². The highest BCUT2D eigenvalue weighted by Gasteiger charge is 1.99. The van der Waals surface area contributed by atoms with Gasteiger partial charge >= 0.3 is 0 Å². The Morgan fingerprint density at radius 1 is 1.35 bits per heavy atom.